The van der Waals surface area contributed by atoms with Crippen molar-refractivity contribution < 1.29 is 0 Å². The van der Waals surface area contributed by atoms with Gasteiger partial charge in [0.2, 0.25) is 0 Å². The molecule has 3 aromatic rings. The molecule has 1 aliphatic carbocycles. The van der Waals surface area contributed by atoms with Gasteiger partial charge in [-0.25, -0.2) is 0 Å². The van der Waals surface area contributed by atoms with Crippen LogP contribution in [-0.4, -0.2) is 6.16 Å². The van der Waals surface area contributed by atoms with E-state index in [1.165, 1.54) is 41.3 Å². The molecule has 0 spiro atoms. The normalized spacial score (nSPS) is 16.1. The number of hydrogen-bond acceptors (Lipinski definition) is 0. The van der Waals surface area contributed by atoms with Crippen LogP contribution >= 0.6 is 26.3 Å². The monoisotopic (exact) mass is 458 g/mol. The summed E-state index contributed by atoms with van der Waals surface area (Å²) in [5.41, 5.74) is 0. The van der Waals surface area contributed by atoms with Gasteiger partial charge in [0.25, 0.3) is 0 Å². The molecule has 0 radical (unpaired) electrons. The van der Waals surface area contributed by atoms with Gasteiger partial charge in [0.1, 0.15) is 0 Å². The predicted octanol–water partition coefficient (Wildman–Crippen LogP) is 5.67. The fourth-order valence-corrected chi connectivity index (χ4v) is 12.5. The molecule has 3 aromatic carbocycles. The molecule has 0 atom stereocenters. The predicted molar refractivity (Wildman–Crippen MR) is 121 cm³/mol. The third-order valence-electron chi connectivity index (χ3n) is 5.54. The molecule has 1 saturated carbocycles. The Balaban J connectivity index is 2.00. The van der Waals surface area contributed by atoms with Crippen LogP contribution in [0.5, 0.6) is 0 Å². The Kier molecular flexibility index (Phi) is 4.73. The van der Waals surface area contributed by atoms with Gasteiger partial charge in [-0.3, -0.25) is 0 Å². The van der Waals surface area contributed by atoms with Gasteiger partial charge in [-0.1, -0.05) is 0 Å². The second-order valence-corrected chi connectivity index (χ2v) is 17.9. The molecule has 0 saturated heterocycles. The third kappa shape index (κ3) is 3.06. The van der Waals surface area contributed by atoms with Crippen molar-refractivity contribution in [2.24, 2.45) is 5.92 Å². The zero-order chi connectivity index (χ0) is 17.2. The van der Waals surface area contributed by atoms with Gasteiger partial charge in [0, 0.05) is 0 Å². The quantitative estimate of drug-likeness (QED) is 0.330. The molecule has 0 aromatic heterocycles. The van der Waals surface area contributed by atoms with Gasteiger partial charge in [0.05, 0.1) is 0 Å². The summed E-state index contributed by atoms with van der Waals surface area (Å²) in [6.45, 7) is 0. The van der Waals surface area contributed by atoms with Crippen molar-refractivity contribution in [3.63, 3.8) is 0 Å². The minimum absolute atomic E-state index is 0.937. The van der Waals surface area contributed by atoms with Crippen molar-refractivity contribution in [1.82, 2.24) is 0 Å². The van der Waals surface area contributed by atoms with Crippen LogP contribution in [0.2, 0.25) is 0 Å². The summed E-state index contributed by atoms with van der Waals surface area (Å²) in [6, 6.07) is 33.8. The van der Waals surface area contributed by atoms with E-state index >= 15 is 0 Å². The van der Waals surface area contributed by atoms with E-state index in [0.717, 1.165) is 5.92 Å². The van der Waals surface area contributed by atoms with Gasteiger partial charge < -0.3 is 0 Å². The van der Waals surface area contributed by atoms with Crippen LogP contribution in [0.15, 0.2) is 91.0 Å². The summed E-state index contributed by atoms with van der Waals surface area (Å²) in [6.07, 6.45) is 5.43. The summed E-state index contributed by atoms with van der Waals surface area (Å²) >= 11 is 2.90. The maximum absolute atomic E-state index is 2.90. The fourth-order valence-electron chi connectivity index (χ4n) is 3.88. The van der Waals surface area contributed by atoms with Crippen LogP contribution in [0.25, 0.3) is 0 Å². The molecule has 25 heavy (non-hydrogen) atoms. The second kappa shape index (κ2) is 6.85. The number of benzene rings is 3. The Morgan fingerprint density at radius 1 is 0.640 bits per heavy atom. The minimum atomic E-state index is -2.49. The molecular formula is C23H24IP. The first-order valence-corrected chi connectivity index (χ1v) is 14.3. The van der Waals surface area contributed by atoms with E-state index < -0.39 is 4.25 Å². The van der Waals surface area contributed by atoms with Crippen molar-refractivity contribution in [3.05, 3.63) is 91.0 Å². The molecule has 0 unspecified atom stereocenters. The molecule has 2 heteroatoms. The molecule has 0 aliphatic heterocycles. The topological polar surface area (TPSA) is 0 Å². The molecular weight excluding hydrogens is 434 g/mol. The molecule has 0 N–H and O–H groups in total. The summed E-state index contributed by atoms with van der Waals surface area (Å²) < 4.78 is -2.49. The zero-order valence-corrected chi connectivity index (χ0v) is 17.4. The number of hydrogen-bond donors (Lipinski definition) is 0. The Bertz CT molecular complexity index is 726. The van der Waals surface area contributed by atoms with Gasteiger partial charge in [-0.15, -0.1) is 0 Å². The average molecular weight is 458 g/mol. The third-order valence-corrected chi connectivity index (χ3v) is 17.2. The summed E-state index contributed by atoms with van der Waals surface area (Å²) in [5, 5.41) is 4.52. The molecule has 0 bridgehead atoms. The second-order valence-electron chi connectivity index (χ2n) is 7.15. The first-order chi connectivity index (χ1) is 12.2. The van der Waals surface area contributed by atoms with Crippen LogP contribution in [-0.2, 0) is 0 Å². The van der Waals surface area contributed by atoms with Crippen LogP contribution in [0, 0.1) is 5.92 Å². The number of rotatable bonds is 6. The number of halogens is 1. The van der Waals surface area contributed by atoms with Gasteiger partial charge in [-0.2, -0.15) is 0 Å². The first-order valence-electron chi connectivity index (χ1n) is 9.11. The van der Waals surface area contributed by atoms with Gasteiger partial charge in [-0.05, 0) is 0 Å². The Labute approximate surface area is 164 Å². The van der Waals surface area contributed by atoms with Crippen molar-refractivity contribution in [3.8, 4) is 0 Å². The molecule has 0 heterocycles. The summed E-state index contributed by atoms with van der Waals surface area (Å²) in [4.78, 5) is 0. The van der Waals surface area contributed by atoms with E-state index in [2.05, 4.69) is 113 Å². The first kappa shape index (κ1) is 17.2. The van der Waals surface area contributed by atoms with Crippen LogP contribution in [0.1, 0.15) is 19.3 Å². The van der Waals surface area contributed by atoms with Crippen molar-refractivity contribution in [1.29, 1.82) is 0 Å². The van der Waals surface area contributed by atoms with E-state index in [4.69, 9.17) is 0 Å². The molecule has 0 amide bonds. The van der Waals surface area contributed by atoms with Crippen LogP contribution in [0.4, 0.5) is 0 Å². The molecule has 1 fully saturated rings. The van der Waals surface area contributed by atoms with E-state index in [1.807, 2.05) is 0 Å². The van der Waals surface area contributed by atoms with Crippen molar-refractivity contribution >= 4 is 42.2 Å². The molecule has 0 nitrogen and oxygen atoms in total. The van der Waals surface area contributed by atoms with Gasteiger partial charge >= 0.3 is 165 Å². The SMILES string of the molecule is IP(CCC1CC1)(c1ccccc1)(c1ccccc1)c1ccccc1. The molecule has 4 rings (SSSR count). The standard InChI is InChI=1S/C23H24IP/c24-25(19-18-20-16-17-20,21-10-4-1-5-11-21,22-12-6-2-7-13-22)23-14-8-3-9-15-23/h1-15,20H,16-19H2. The zero-order valence-electron chi connectivity index (χ0n) is 14.4. The summed E-state index contributed by atoms with van der Waals surface area (Å²) in [7, 11) is 0. The van der Waals surface area contributed by atoms with Crippen LogP contribution in [0.3, 0.4) is 0 Å². The average Bonchev–Trinajstić information content (AvgIpc) is 3.53. The fraction of sp³-hybridized carbons (Fsp3) is 0.217. The molecule has 1 aliphatic rings. The van der Waals surface area contributed by atoms with Crippen LogP contribution < -0.4 is 15.9 Å². The molecule has 128 valence electrons. The van der Waals surface area contributed by atoms with Crippen molar-refractivity contribution in [2.45, 2.75) is 19.3 Å². The van der Waals surface area contributed by atoms with Gasteiger partial charge in [0.15, 0.2) is 0 Å². The van der Waals surface area contributed by atoms with E-state index in [-0.39, 0.29) is 0 Å². The van der Waals surface area contributed by atoms with Crippen molar-refractivity contribution in [2.75, 3.05) is 6.16 Å². The van der Waals surface area contributed by atoms with E-state index in [1.54, 1.807) is 0 Å². The Morgan fingerprint density at radius 2 is 1.00 bits per heavy atom. The van der Waals surface area contributed by atoms with E-state index in [0.29, 0.717) is 0 Å². The van der Waals surface area contributed by atoms with E-state index in [9.17, 15) is 0 Å². The Hall–Kier alpha value is -1.18. The maximum atomic E-state index is 2.90. The Morgan fingerprint density at radius 3 is 1.32 bits per heavy atom. The summed E-state index contributed by atoms with van der Waals surface area (Å²) in [5.74, 6) is 0.937.